The molecule has 2 rings (SSSR count). The fourth-order valence-electron chi connectivity index (χ4n) is 2.13. The minimum Gasteiger partial charge on any atom is -0.346 e. The van der Waals surface area contributed by atoms with E-state index in [9.17, 15) is 18.0 Å². The number of carbonyl (C=O) groups is 1. The van der Waals surface area contributed by atoms with Crippen LogP contribution in [0.5, 0.6) is 0 Å². The van der Waals surface area contributed by atoms with Crippen molar-refractivity contribution in [1.29, 1.82) is 0 Å². The standard InChI is InChI=1S/C16H17F3N2OS/c1-9-4-5-12-10(2)6-14(21-15(12)11(9)3)23-7-13(22)20-8-16(17,18)19/h4-6H,7-8H2,1-3H3,(H,20,22). The van der Waals surface area contributed by atoms with Gasteiger partial charge < -0.3 is 5.32 Å². The minimum atomic E-state index is -4.40. The second-order valence-electron chi connectivity index (χ2n) is 5.36. The van der Waals surface area contributed by atoms with E-state index in [0.717, 1.165) is 39.4 Å². The molecule has 1 aromatic heterocycles. The quantitative estimate of drug-likeness (QED) is 0.856. The van der Waals surface area contributed by atoms with Gasteiger partial charge in [-0.2, -0.15) is 13.2 Å². The molecule has 0 fully saturated rings. The van der Waals surface area contributed by atoms with Crippen molar-refractivity contribution < 1.29 is 18.0 Å². The zero-order valence-corrected chi connectivity index (χ0v) is 13.9. The molecule has 0 unspecified atom stereocenters. The van der Waals surface area contributed by atoms with E-state index in [0.29, 0.717) is 5.03 Å². The van der Waals surface area contributed by atoms with Crippen molar-refractivity contribution in [2.24, 2.45) is 0 Å². The molecule has 0 saturated heterocycles. The highest BCUT2D eigenvalue weighted by molar-refractivity contribution is 7.99. The van der Waals surface area contributed by atoms with E-state index in [1.54, 1.807) is 0 Å². The number of amides is 1. The Bertz CT molecular complexity index is 744. The van der Waals surface area contributed by atoms with E-state index in [4.69, 9.17) is 0 Å². The molecule has 0 spiro atoms. The van der Waals surface area contributed by atoms with E-state index in [-0.39, 0.29) is 5.75 Å². The molecule has 124 valence electrons. The Labute approximate surface area is 136 Å². The third-order valence-corrected chi connectivity index (χ3v) is 4.44. The molecule has 1 heterocycles. The first-order chi connectivity index (χ1) is 10.7. The minimum absolute atomic E-state index is 0.0983. The van der Waals surface area contributed by atoms with Crippen LogP contribution < -0.4 is 5.32 Å². The van der Waals surface area contributed by atoms with Crippen LogP contribution in [0.2, 0.25) is 0 Å². The highest BCUT2D eigenvalue weighted by atomic mass is 32.2. The summed E-state index contributed by atoms with van der Waals surface area (Å²) in [5.74, 6) is -0.758. The lowest BCUT2D eigenvalue weighted by Crippen LogP contribution is -2.34. The average Bonchev–Trinajstić information content (AvgIpc) is 2.46. The summed E-state index contributed by atoms with van der Waals surface area (Å²) in [7, 11) is 0. The molecule has 1 N–H and O–H groups in total. The van der Waals surface area contributed by atoms with Gasteiger partial charge >= 0.3 is 6.18 Å². The van der Waals surface area contributed by atoms with Crippen molar-refractivity contribution in [3.05, 3.63) is 34.9 Å². The number of pyridine rings is 1. The summed E-state index contributed by atoms with van der Waals surface area (Å²) in [5.41, 5.74) is 4.07. The monoisotopic (exact) mass is 342 g/mol. The molecule has 2 aromatic rings. The highest BCUT2D eigenvalue weighted by Gasteiger charge is 2.27. The van der Waals surface area contributed by atoms with Crippen molar-refractivity contribution in [3.63, 3.8) is 0 Å². The summed E-state index contributed by atoms with van der Waals surface area (Å²) in [6.45, 7) is 4.62. The third kappa shape index (κ3) is 4.60. The van der Waals surface area contributed by atoms with E-state index in [1.807, 2.05) is 44.3 Å². The second-order valence-corrected chi connectivity index (χ2v) is 6.36. The van der Waals surface area contributed by atoms with Gasteiger partial charge in [0, 0.05) is 5.39 Å². The Morgan fingerprint density at radius 1 is 1.22 bits per heavy atom. The molecule has 3 nitrogen and oxygen atoms in total. The van der Waals surface area contributed by atoms with Gasteiger partial charge in [-0.15, -0.1) is 0 Å². The predicted molar refractivity (Wildman–Crippen MR) is 85.7 cm³/mol. The third-order valence-electron chi connectivity index (χ3n) is 3.53. The van der Waals surface area contributed by atoms with Crippen LogP contribution in [-0.2, 0) is 4.79 Å². The smallest absolute Gasteiger partial charge is 0.346 e. The molecule has 0 saturated carbocycles. The number of alkyl halides is 3. The van der Waals surface area contributed by atoms with E-state index in [2.05, 4.69) is 4.98 Å². The Kier molecular flexibility index (Phi) is 5.19. The summed E-state index contributed by atoms with van der Waals surface area (Å²) in [6, 6.07) is 5.88. The molecule has 0 bridgehead atoms. The van der Waals surface area contributed by atoms with Crippen molar-refractivity contribution >= 4 is 28.6 Å². The first-order valence-electron chi connectivity index (χ1n) is 7.01. The van der Waals surface area contributed by atoms with Crippen molar-refractivity contribution in [2.45, 2.75) is 32.0 Å². The predicted octanol–water partition coefficient (Wildman–Crippen LogP) is 3.93. The maximum Gasteiger partial charge on any atom is 0.405 e. The van der Waals surface area contributed by atoms with E-state index in [1.165, 1.54) is 0 Å². The fourth-order valence-corrected chi connectivity index (χ4v) is 2.93. The Morgan fingerprint density at radius 3 is 2.57 bits per heavy atom. The van der Waals surface area contributed by atoms with Gasteiger partial charge in [-0.3, -0.25) is 4.79 Å². The molecule has 1 amide bonds. The SMILES string of the molecule is Cc1ccc2c(C)cc(SCC(=O)NCC(F)(F)F)nc2c1C. The van der Waals surface area contributed by atoms with Crippen molar-refractivity contribution in [1.82, 2.24) is 10.3 Å². The van der Waals surface area contributed by atoms with Crippen LogP contribution in [0.25, 0.3) is 10.9 Å². The van der Waals surface area contributed by atoms with Gasteiger partial charge in [0.1, 0.15) is 6.54 Å². The van der Waals surface area contributed by atoms with Gasteiger partial charge in [-0.05, 0) is 43.5 Å². The van der Waals surface area contributed by atoms with Crippen LogP contribution >= 0.6 is 11.8 Å². The summed E-state index contributed by atoms with van der Waals surface area (Å²) >= 11 is 1.13. The fraction of sp³-hybridized carbons (Fsp3) is 0.375. The number of fused-ring (bicyclic) bond motifs is 1. The molecule has 7 heteroatoms. The molecule has 0 atom stereocenters. The van der Waals surface area contributed by atoms with Crippen LogP contribution in [0.3, 0.4) is 0 Å². The van der Waals surface area contributed by atoms with Gasteiger partial charge in [-0.25, -0.2) is 4.98 Å². The first kappa shape index (κ1) is 17.6. The zero-order chi connectivity index (χ0) is 17.2. The number of benzene rings is 1. The molecular weight excluding hydrogens is 325 g/mol. The average molecular weight is 342 g/mol. The van der Waals surface area contributed by atoms with Gasteiger partial charge in [0.15, 0.2) is 0 Å². The second kappa shape index (κ2) is 6.78. The Morgan fingerprint density at radius 2 is 1.91 bits per heavy atom. The largest absolute Gasteiger partial charge is 0.405 e. The first-order valence-corrected chi connectivity index (χ1v) is 8.00. The molecule has 0 aliphatic rings. The van der Waals surface area contributed by atoms with Gasteiger partial charge in [-0.1, -0.05) is 23.9 Å². The molecular formula is C16H17F3N2OS. The van der Waals surface area contributed by atoms with Crippen molar-refractivity contribution in [3.8, 4) is 0 Å². The van der Waals surface area contributed by atoms with Gasteiger partial charge in [0.25, 0.3) is 0 Å². The molecule has 1 aromatic carbocycles. The summed E-state index contributed by atoms with van der Waals surface area (Å²) in [5, 5.41) is 3.52. The van der Waals surface area contributed by atoms with Gasteiger partial charge in [0.05, 0.1) is 16.3 Å². The van der Waals surface area contributed by atoms with Crippen LogP contribution in [0.1, 0.15) is 16.7 Å². The lowest BCUT2D eigenvalue weighted by molar-refractivity contribution is -0.136. The lowest BCUT2D eigenvalue weighted by Gasteiger charge is -2.11. The number of hydrogen-bond donors (Lipinski definition) is 1. The number of rotatable bonds is 4. The number of nitrogens with one attached hydrogen (secondary N) is 1. The Hall–Kier alpha value is -1.76. The molecule has 23 heavy (non-hydrogen) atoms. The topological polar surface area (TPSA) is 42.0 Å². The molecule has 0 radical (unpaired) electrons. The summed E-state index contributed by atoms with van der Waals surface area (Å²) in [6.07, 6.45) is -4.40. The zero-order valence-electron chi connectivity index (χ0n) is 13.0. The number of thioether (sulfide) groups is 1. The number of hydrogen-bond acceptors (Lipinski definition) is 3. The number of halogens is 3. The number of aromatic nitrogens is 1. The number of aryl methyl sites for hydroxylation is 3. The molecule has 0 aliphatic heterocycles. The number of nitrogens with zero attached hydrogens (tertiary/aromatic N) is 1. The highest BCUT2D eigenvalue weighted by Crippen LogP contribution is 2.27. The number of carbonyl (C=O) groups excluding carboxylic acids is 1. The maximum absolute atomic E-state index is 12.1. The lowest BCUT2D eigenvalue weighted by atomic mass is 10.0. The maximum atomic E-state index is 12.1. The van der Waals surface area contributed by atoms with Crippen molar-refractivity contribution in [2.75, 3.05) is 12.3 Å². The molecule has 0 aliphatic carbocycles. The van der Waals surface area contributed by atoms with E-state index < -0.39 is 18.6 Å². The summed E-state index contributed by atoms with van der Waals surface area (Å²) < 4.78 is 36.2. The van der Waals surface area contributed by atoms with Crippen LogP contribution in [0.4, 0.5) is 13.2 Å². The normalized spacial score (nSPS) is 11.7. The van der Waals surface area contributed by atoms with E-state index >= 15 is 0 Å². The summed E-state index contributed by atoms with van der Waals surface area (Å²) in [4.78, 5) is 16.0. The van der Waals surface area contributed by atoms with Crippen LogP contribution in [-0.4, -0.2) is 29.4 Å². The Balaban J connectivity index is 2.12. The van der Waals surface area contributed by atoms with Crippen LogP contribution in [0, 0.1) is 20.8 Å². The van der Waals surface area contributed by atoms with Crippen LogP contribution in [0.15, 0.2) is 23.2 Å². The van der Waals surface area contributed by atoms with Gasteiger partial charge in [0.2, 0.25) is 5.91 Å².